The molecule has 0 amide bonds. The van der Waals surface area contributed by atoms with Crippen LogP contribution in [0.1, 0.15) is 5.69 Å². The Morgan fingerprint density at radius 1 is 1.36 bits per heavy atom. The summed E-state index contributed by atoms with van der Waals surface area (Å²) in [6, 6.07) is 8.25. The zero-order valence-electron chi connectivity index (χ0n) is 13.0. The van der Waals surface area contributed by atoms with Gasteiger partial charge in [0.2, 0.25) is 0 Å². The number of nitrogens with one attached hydrogen (secondary N) is 1. The molecule has 0 radical (unpaired) electrons. The number of hydrogen-bond donors (Lipinski definition) is 1. The molecule has 0 bridgehead atoms. The molecular weight excluding hydrogens is 362 g/mol. The van der Waals surface area contributed by atoms with Crippen molar-refractivity contribution in [3.8, 4) is 10.6 Å². The van der Waals surface area contributed by atoms with Crippen LogP contribution in [0.3, 0.4) is 0 Å². The second-order valence-corrected chi connectivity index (χ2v) is 6.90. The van der Waals surface area contributed by atoms with Crippen molar-refractivity contribution >= 4 is 27.3 Å². The van der Waals surface area contributed by atoms with Crippen LogP contribution in [0.25, 0.3) is 10.6 Å². The number of likely N-dealkylation sites (N-methyl/N-ethyl adjacent to an activating group) is 1. The van der Waals surface area contributed by atoms with Crippen molar-refractivity contribution < 1.29 is 4.74 Å². The van der Waals surface area contributed by atoms with E-state index >= 15 is 0 Å². The molecule has 22 heavy (non-hydrogen) atoms. The molecule has 0 aliphatic rings. The van der Waals surface area contributed by atoms with Crippen LogP contribution in [0.15, 0.2) is 34.1 Å². The van der Waals surface area contributed by atoms with Crippen LogP contribution in [-0.2, 0) is 11.3 Å². The Morgan fingerprint density at radius 3 is 3.00 bits per heavy atom. The van der Waals surface area contributed by atoms with Gasteiger partial charge in [-0.2, -0.15) is 0 Å². The fourth-order valence-corrected chi connectivity index (χ4v) is 3.20. The van der Waals surface area contributed by atoms with Crippen molar-refractivity contribution in [1.82, 2.24) is 15.2 Å². The molecule has 6 heteroatoms. The number of hydrogen-bond acceptors (Lipinski definition) is 5. The highest BCUT2D eigenvalue weighted by Gasteiger charge is 2.05. The zero-order valence-corrected chi connectivity index (χ0v) is 15.4. The predicted octanol–water partition coefficient (Wildman–Crippen LogP) is 3.24. The monoisotopic (exact) mass is 383 g/mol. The molecule has 0 saturated heterocycles. The zero-order chi connectivity index (χ0) is 15.8. The van der Waals surface area contributed by atoms with E-state index in [1.807, 2.05) is 12.1 Å². The molecule has 2 rings (SSSR count). The topological polar surface area (TPSA) is 37.4 Å². The van der Waals surface area contributed by atoms with Gasteiger partial charge in [0, 0.05) is 48.7 Å². The van der Waals surface area contributed by atoms with Gasteiger partial charge in [0.1, 0.15) is 5.01 Å². The van der Waals surface area contributed by atoms with Crippen molar-refractivity contribution in [2.45, 2.75) is 6.54 Å². The van der Waals surface area contributed by atoms with Gasteiger partial charge in [0.25, 0.3) is 0 Å². The summed E-state index contributed by atoms with van der Waals surface area (Å²) in [5.41, 5.74) is 2.25. The summed E-state index contributed by atoms with van der Waals surface area (Å²) in [6.07, 6.45) is 0. The first-order chi connectivity index (χ1) is 10.7. The first-order valence-corrected chi connectivity index (χ1v) is 8.95. The lowest BCUT2D eigenvalue weighted by molar-refractivity contribution is 0.161. The Hall–Kier alpha value is -0.790. The lowest BCUT2D eigenvalue weighted by Crippen LogP contribution is -2.31. The normalized spacial score (nSPS) is 11.3. The van der Waals surface area contributed by atoms with Crippen LogP contribution >= 0.6 is 27.3 Å². The minimum Gasteiger partial charge on any atom is -0.383 e. The lowest BCUT2D eigenvalue weighted by Gasteiger charge is -2.15. The molecule has 0 unspecified atom stereocenters. The third kappa shape index (κ3) is 5.78. The molecule has 2 aromatic rings. The second-order valence-electron chi connectivity index (χ2n) is 5.13. The molecular formula is C16H22BrN3OS. The van der Waals surface area contributed by atoms with E-state index in [0.29, 0.717) is 0 Å². The molecule has 1 aromatic heterocycles. The SMILES string of the molecule is COCCN(C)CCNCc1csc(-c2cccc(Br)c2)n1. The predicted molar refractivity (Wildman–Crippen MR) is 96.3 cm³/mol. The van der Waals surface area contributed by atoms with Crippen LogP contribution in [0.4, 0.5) is 0 Å². The van der Waals surface area contributed by atoms with E-state index < -0.39 is 0 Å². The van der Waals surface area contributed by atoms with Gasteiger partial charge in [-0.1, -0.05) is 28.1 Å². The Bertz CT molecular complexity index is 576. The van der Waals surface area contributed by atoms with E-state index in [1.165, 1.54) is 0 Å². The first-order valence-electron chi connectivity index (χ1n) is 7.27. The van der Waals surface area contributed by atoms with Crippen molar-refractivity contribution in [2.24, 2.45) is 0 Å². The largest absolute Gasteiger partial charge is 0.383 e. The standard InChI is InChI=1S/C16H22BrN3OS/c1-20(8-9-21-2)7-6-18-11-15-12-22-16(19-15)13-4-3-5-14(17)10-13/h3-5,10,12,18H,6-9,11H2,1-2H3. The van der Waals surface area contributed by atoms with Crippen LogP contribution in [0.2, 0.25) is 0 Å². The fourth-order valence-electron chi connectivity index (χ4n) is 1.99. The molecule has 1 aromatic carbocycles. The number of benzene rings is 1. The second kappa shape index (κ2) is 9.37. The highest BCUT2D eigenvalue weighted by atomic mass is 79.9. The van der Waals surface area contributed by atoms with Crippen LogP contribution in [-0.4, -0.2) is 50.3 Å². The van der Waals surface area contributed by atoms with Gasteiger partial charge < -0.3 is 15.0 Å². The average Bonchev–Trinajstić information content (AvgIpc) is 2.98. The van der Waals surface area contributed by atoms with E-state index in [-0.39, 0.29) is 0 Å². The fraction of sp³-hybridized carbons (Fsp3) is 0.438. The van der Waals surface area contributed by atoms with E-state index in [4.69, 9.17) is 4.74 Å². The molecule has 0 atom stereocenters. The van der Waals surface area contributed by atoms with Crippen molar-refractivity contribution in [3.05, 3.63) is 39.8 Å². The number of thiazole rings is 1. The Kier molecular flexibility index (Phi) is 7.48. The van der Waals surface area contributed by atoms with Crippen molar-refractivity contribution in [3.63, 3.8) is 0 Å². The summed E-state index contributed by atoms with van der Waals surface area (Å²) in [7, 11) is 3.84. The molecule has 0 spiro atoms. The minimum absolute atomic E-state index is 0.776. The molecule has 0 aliphatic heterocycles. The maximum atomic E-state index is 5.07. The van der Waals surface area contributed by atoms with E-state index in [2.05, 4.69) is 55.7 Å². The summed E-state index contributed by atoms with van der Waals surface area (Å²) in [5.74, 6) is 0. The summed E-state index contributed by atoms with van der Waals surface area (Å²) in [4.78, 5) is 6.94. The number of aromatic nitrogens is 1. The molecule has 1 N–H and O–H groups in total. The molecule has 1 heterocycles. The Balaban J connectivity index is 1.76. The quantitative estimate of drug-likeness (QED) is 0.674. The smallest absolute Gasteiger partial charge is 0.123 e. The van der Waals surface area contributed by atoms with Gasteiger partial charge >= 0.3 is 0 Å². The van der Waals surface area contributed by atoms with E-state index in [9.17, 15) is 0 Å². The van der Waals surface area contributed by atoms with Gasteiger partial charge in [0.15, 0.2) is 0 Å². The van der Waals surface area contributed by atoms with Gasteiger partial charge in [-0.25, -0.2) is 4.98 Å². The van der Waals surface area contributed by atoms with Gasteiger partial charge in [0.05, 0.1) is 12.3 Å². The minimum atomic E-state index is 0.776. The highest BCUT2D eigenvalue weighted by Crippen LogP contribution is 2.26. The molecule has 4 nitrogen and oxygen atoms in total. The van der Waals surface area contributed by atoms with E-state index in [0.717, 1.165) is 53.5 Å². The van der Waals surface area contributed by atoms with Crippen LogP contribution < -0.4 is 5.32 Å². The third-order valence-corrected chi connectivity index (χ3v) is 4.71. The molecule has 120 valence electrons. The summed E-state index contributed by atoms with van der Waals surface area (Å²) >= 11 is 5.19. The van der Waals surface area contributed by atoms with Crippen molar-refractivity contribution in [2.75, 3.05) is 40.4 Å². The average molecular weight is 384 g/mol. The first kappa shape index (κ1) is 17.6. The Morgan fingerprint density at radius 2 is 2.23 bits per heavy atom. The third-order valence-electron chi connectivity index (χ3n) is 3.28. The number of rotatable bonds is 9. The van der Waals surface area contributed by atoms with Crippen LogP contribution in [0.5, 0.6) is 0 Å². The lowest BCUT2D eigenvalue weighted by atomic mass is 10.2. The Labute approximate surface area is 144 Å². The van der Waals surface area contributed by atoms with Crippen LogP contribution in [0, 0.1) is 0 Å². The highest BCUT2D eigenvalue weighted by molar-refractivity contribution is 9.10. The van der Waals surface area contributed by atoms with Gasteiger partial charge in [-0.15, -0.1) is 11.3 Å². The van der Waals surface area contributed by atoms with E-state index in [1.54, 1.807) is 18.4 Å². The van der Waals surface area contributed by atoms with Crippen molar-refractivity contribution in [1.29, 1.82) is 0 Å². The maximum Gasteiger partial charge on any atom is 0.123 e. The molecule has 0 fully saturated rings. The number of methoxy groups -OCH3 is 1. The number of ether oxygens (including phenoxy) is 1. The molecule has 0 aliphatic carbocycles. The molecule has 0 saturated carbocycles. The maximum absolute atomic E-state index is 5.07. The van der Waals surface area contributed by atoms with Gasteiger partial charge in [-0.3, -0.25) is 0 Å². The van der Waals surface area contributed by atoms with Gasteiger partial charge in [-0.05, 0) is 19.2 Å². The summed E-state index contributed by atoms with van der Waals surface area (Å²) < 4.78 is 6.15. The summed E-state index contributed by atoms with van der Waals surface area (Å²) in [6.45, 7) is 4.50. The number of halogens is 1. The summed E-state index contributed by atoms with van der Waals surface area (Å²) in [5, 5.41) is 6.63. The number of nitrogens with zero attached hydrogens (tertiary/aromatic N) is 2.